The molecular weight excluding hydrogens is 208 g/mol. The molecule has 1 rings (SSSR count). The van der Waals surface area contributed by atoms with E-state index in [0.29, 0.717) is 5.75 Å². The zero-order valence-corrected chi connectivity index (χ0v) is 9.47. The van der Waals surface area contributed by atoms with Gasteiger partial charge in [0.1, 0.15) is 0 Å². The molecule has 1 aromatic rings. The number of hydrogen-bond donors (Lipinski definition) is 1. The molecule has 0 saturated heterocycles. The molecule has 5 nitrogen and oxygen atoms in total. The van der Waals surface area contributed by atoms with Gasteiger partial charge in [0.05, 0.1) is 11.0 Å². The summed E-state index contributed by atoms with van der Waals surface area (Å²) in [5.41, 5.74) is 6.13. The fourth-order valence-electron chi connectivity index (χ4n) is 1.23. The van der Waals surface area contributed by atoms with Crippen LogP contribution in [0, 0.1) is 10.1 Å². The maximum absolute atomic E-state index is 10.8. The van der Waals surface area contributed by atoms with Crippen molar-refractivity contribution in [2.24, 2.45) is 5.73 Å². The van der Waals surface area contributed by atoms with Gasteiger partial charge in [-0.25, -0.2) is 0 Å². The van der Waals surface area contributed by atoms with E-state index in [2.05, 4.69) is 0 Å². The first-order valence-electron chi connectivity index (χ1n) is 5.22. The summed E-state index contributed by atoms with van der Waals surface area (Å²) < 4.78 is 5.47. The lowest BCUT2D eigenvalue weighted by Gasteiger charge is -2.12. The highest BCUT2D eigenvalue weighted by atomic mass is 16.6. The molecule has 0 aliphatic heterocycles. The molecule has 0 saturated carbocycles. The second-order valence-electron chi connectivity index (χ2n) is 3.60. The van der Waals surface area contributed by atoms with E-state index in [4.69, 9.17) is 10.5 Å². The average molecular weight is 224 g/mol. The van der Waals surface area contributed by atoms with Crippen molar-refractivity contribution in [2.75, 3.05) is 0 Å². The quantitative estimate of drug-likeness (QED) is 0.614. The van der Waals surface area contributed by atoms with E-state index >= 15 is 0 Å². The van der Waals surface area contributed by atoms with Crippen LogP contribution in [-0.4, -0.2) is 11.0 Å². The standard InChI is InChI=1S/C11H16N2O3/c1-3-8(2)16-11-5-4-9(7-12)6-10(11)13(14)15/h4-6,8H,3,7,12H2,1-2H3. The summed E-state index contributed by atoms with van der Waals surface area (Å²) in [5, 5.41) is 10.8. The first kappa shape index (κ1) is 12.4. The predicted octanol–water partition coefficient (Wildman–Crippen LogP) is 2.23. The molecule has 0 aliphatic rings. The number of ether oxygens (including phenoxy) is 1. The lowest BCUT2D eigenvalue weighted by Crippen LogP contribution is -2.11. The Morgan fingerprint density at radius 3 is 2.75 bits per heavy atom. The highest BCUT2D eigenvalue weighted by Crippen LogP contribution is 2.29. The van der Waals surface area contributed by atoms with E-state index in [0.717, 1.165) is 12.0 Å². The highest BCUT2D eigenvalue weighted by molar-refractivity contribution is 5.48. The first-order chi connectivity index (χ1) is 7.58. The molecule has 88 valence electrons. The van der Waals surface area contributed by atoms with E-state index in [1.807, 2.05) is 13.8 Å². The van der Waals surface area contributed by atoms with Crippen molar-refractivity contribution in [3.05, 3.63) is 33.9 Å². The molecule has 5 heteroatoms. The van der Waals surface area contributed by atoms with Crippen LogP contribution in [0.5, 0.6) is 5.75 Å². The Morgan fingerprint density at radius 1 is 1.56 bits per heavy atom. The maximum atomic E-state index is 10.8. The summed E-state index contributed by atoms with van der Waals surface area (Å²) in [7, 11) is 0. The maximum Gasteiger partial charge on any atom is 0.311 e. The predicted molar refractivity (Wildman–Crippen MR) is 61.4 cm³/mol. The summed E-state index contributed by atoms with van der Waals surface area (Å²) in [4.78, 5) is 10.4. The fraction of sp³-hybridized carbons (Fsp3) is 0.455. The normalized spacial score (nSPS) is 12.2. The summed E-state index contributed by atoms with van der Waals surface area (Å²) in [5.74, 6) is 0.302. The van der Waals surface area contributed by atoms with Crippen LogP contribution < -0.4 is 10.5 Å². The Morgan fingerprint density at radius 2 is 2.25 bits per heavy atom. The average Bonchev–Trinajstić information content (AvgIpc) is 2.29. The molecule has 0 radical (unpaired) electrons. The first-order valence-corrected chi connectivity index (χ1v) is 5.22. The topological polar surface area (TPSA) is 78.4 Å². The van der Waals surface area contributed by atoms with Crippen LogP contribution in [0.25, 0.3) is 0 Å². The van der Waals surface area contributed by atoms with Crippen molar-refractivity contribution in [1.29, 1.82) is 0 Å². The van der Waals surface area contributed by atoms with Crippen molar-refractivity contribution >= 4 is 5.69 Å². The van der Waals surface area contributed by atoms with Gasteiger partial charge in [0.25, 0.3) is 0 Å². The summed E-state index contributed by atoms with van der Waals surface area (Å²) in [6.07, 6.45) is 0.762. The van der Waals surface area contributed by atoms with Crippen molar-refractivity contribution in [2.45, 2.75) is 32.9 Å². The number of benzene rings is 1. The Bertz CT molecular complexity index is 379. The lowest BCUT2D eigenvalue weighted by molar-refractivity contribution is -0.386. The lowest BCUT2D eigenvalue weighted by atomic mass is 10.2. The van der Waals surface area contributed by atoms with Gasteiger partial charge in [-0.2, -0.15) is 0 Å². The van der Waals surface area contributed by atoms with E-state index in [-0.39, 0.29) is 18.3 Å². The van der Waals surface area contributed by atoms with Crippen LogP contribution in [0.15, 0.2) is 18.2 Å². The zero-order valence-electron chi connectivity index (χ0n) is 9.47. The fourth-order valence-corrected chi connectivity index (χ4v) is 1.23. The number of nitro benzene ring substituents is 1. The van der Waals surface area contributed by atoms with Crippen LogP contribution in [-0.2, 0) is 6.54 Å². The number of nitro groups is 1. The van der Waals surface area contributed by atoms with Gasteiger partial charge >= 0.3 is 5.69 Å². The van der Waals surface area contributed by atoms with Crippen LogP contribution in [0.4, 0.5) is 5.69 Å². The summed E-state index contributed by atoms with van der Waals surface area (Å²) >= 11 is 0. The second-order valence-corrected chi connectivity index (χ2v) is 3.60. The van der Waals surface area contributed by atoms with Gasteiger partial charge in [-0.1, -0.05) is 13.0 Å². The molecule has 0 heterocycles. The number of rotatable bonds is 5. The minimum atomic E-state index is -0.448. The minimum absolute atomic E-state index is 0.0248. The van der Waals surface area contributed by atoms with Crippen LogP contribution in [0.1, 0.15) is 25.8 Å². The molecule has 0 amide bonds. The van der Waals surface area contributed by atoms with Gasteiger partial charge in [0, 0.05) is 12.6 Å². The number of hydrogen-bond acceptors (Lipinski definition) is 4. The monoisotopic (exact) mass is 224 g/mol. The van der Waals surface area contributed by atoms with Crippen molar-refractivity contribution in [3.8, 4) is 5.75 Å². The molecule has 0 aliphatic carbocycles. The van der Waals surface area contributed by atoms with Gasteiger partial charge < -0.3 is 10.5 Å². The van der Waals surface area contributed by atoms with Crippen molar-refractivity contribution < 1.29 is 9.66 Å². The molecule has 0 aromatic heterocycles. The van der Waals surface area contributed by atoms with Crippen molar-refractivity contribution in [3.63, 3.8) is 0 Å². The van der Waals surface area contributed by atoms with Gasteiger partial charge in [0.15, 0.2) is 5.75 Å². The SMILES string of the molecule is CCC(C)Oc1ccc(CN)cc1[N+](=O)[O-]. The molecule has 0 fully saturated rings. The largest absolute Gasteiger partial charge is 0.484 e. The zero-order chi connectivity index (χ0) is 12.1. The number of nitrogens with two attached hydrogens (primary N) is 1. The Kier molecular flexibility index (Phi) is 4.25. The number of nitrogens with zero attached hydrogens (tertiary/aromatic N) is 1. The molecule has 2 N–H and O–H groups in total. The van der Waals surface area contributed by atoms with E-state index < -0.39 is 4.92 Å². The van der Waals surface area contributed by atoms with E-state index in [1.165, 1.54) is 6.07 Å². The summed E-state index contributed by atoms with van der Waals surface area (Å²) in [6, 6.07) is 4.80. The molecule has 1 atom stereocenters. The van der Waals surface area contributed by atoms with E-state index in [1.54, 1.807) is 12.1 Å². The van der Waals surface area contributed by atoms with Crippen LogP contribution >= 0.6 is 0 Å². The van der Waals surface area contributed by atoms with E-state index in [9.17, 15) is 10.1 Å². The molecular formula is C11H16N2O3. The Labute approximate surface area is 94.4 Å². The molecule has 0 bridgehead atoms. The smallest absolute Gasteiger partial charge is 0.311 e. The Balaban J connectivity index is 3.03. The molecule has 0 spiro atoms. The van der Waals surface area contributed by atoms with Gasteiger partial charge in [0.2, 0.25) is 0 Å². The van der Waals surface area contributed by atoms with Crippen LogP contribution in [0.3, 0.4) is 0 Å². The van der Waals surface area contributed by atoms with Crippen LogP contribution in [0.2, 0.25) is 0 Å². The van der Waals surface area contributed by atoms with Gasteiger partial charge in [-0.3, -0.25) is 10.1 Å². The van der Waals surface area contributed by atoms with Gasteiger partial charge in [-0.15, -0.1) is 0 Å². The molecule has 1 unspecified atom stereocenters. The van der Waals surface area contributed by atoms with Gasteiger partial charge in [-0.05, 0) is 25.0 Å². The van der Waals surface area contributed by atoms with Crippen molar-refractivity contribution in [1.82, 2.24) is 0 Å². The Hall–Kier alpha value is -1.62. The molecule has 1 aromatic carbocycles. The third-order valence-electron chi connectivity index (χ3n) is 2.36. The second kappa shape index (κ2) is 5.46. The summed E-state index contributed by atoms with van der Waals surface area (Å²) in [6.45, 7) is 4.12. The third kappa shape index (κ3) is 2.93. The molecule has 16 heavy (non-hydrogen) atoms. The highest BCUT2D eigenvalue weighted by Gasteiger charge is 2.17. The minimum Gasteiger partial charge on any atom is -0.484 e. The third-order valence-corrected chi connectivity index (χ3v) is 2.36.